The smallest absolute Gasteiger partial charge is 0.185 e. The Hall–Kier alpha value is -0.610. The van der Waals surface area contributed by atoms with Crippen molar-refractivity contribution in [3.8, 4) is 0 Å². The largest absolute Gasteiger partial charge is 0.340 e. The predicted molar refractivity (Wildman–Crippen MR) is 79.4 cm³/mol. The highest BCUT2D eigenvalue weighted by Gasteiger charge is 2.33. The minimum atomic E-state index is 0.543. The summed E-state index contributed by atoms with van der Waals surface area (Å²) in [6.07, 6.45) is 1.91. The Balaban J connectivity index is 2.08. The summed E-state index contributed by atoms with van der Waals surface area (Å²) in [5.41, 5.74) is 0. The fourth-order valence-electron chi connectivity index (χ4n) is 2.84. The molecule has 0 aromatic carbocycles. The lowest BCUT2D eigenvalue weighted by molar-refractivity contribution is 0.123. The van der Waals surface area contributed by atoms with Crippen LogP contribution in [-0.2, 0) is 0 Å². The van der Waals surface area contributed by atoms with Crippen LogP contribution in [-0.4, -0.2) is 41.1 Å². The maximum absolute atomic E-state index is 4.47. The van der Waals surface area contributed by atoms with Crippen molar-refractivity contribution in [3.63, 3.8) is 0 Å². The Bertz CT molecular complexity index is 351. The molecule has 1 unspecified atom stereocenters. The maximum atomic E-state index is 4.47. The second-order valence-electron chi connectivity index (χ2n) is 5.86. The summed E-state index contributed by atoms with van der Waals surface area (Å²) in [6, 6.07) is 1.75. The second kappa shape index (κ2) is 5.57. The average Bonchev–Trinajstić information content (AvgIpc) is 2.80. The number of anilines is 1. The molecule has 3 nitrogen and oxygen atoms in total. The van der Waals surface area contributed by atoms with E-state index in [9.17, 15) is 0 Å². The van der Waals surface area contributed by atoms with Crippen LogP contribution in [0.4, 0.5) is 5.13 Å². The Morgan fingerprint density at radius 1 is 1.22 bits per heavy atom. The van der Waals surface area contributed by atoms with Crippen LogP contribution in [0.25, 0.3) is 0 Å². The summed E-state index contributed by atoms with van der Waals surface area (Å²) in [5.74, 6) is 0.718. The highest BCUT2D eigenvalue weighted by Crippen LogP contribution is 2.28. The van der Waals surface area contributed by atoms with E-state index in [1.54, 1.807) is 11.3 Å². The van der Waals surface area contributed by atoms with Crippen molar-refractivity contribution in [1.29, 1.82) is 0 Å². The predicted octanol–water partition coefficient (Wildman–Crippen LogP) is 3.09. The lowest BCUT2D eigenvalue weighted by Crippen LogP contribution is -2.59. The minimum Gasteiger partial charge on any atom is -0.340 e. The number of thiazole rings is 1. The summed E-state index contributed by atoms with van der Waals surface area (Å²) >= 11 is 1.75. The van der Waals surface area contributed by atoms with Crippen molar-refractivity contribution in [2.45, 2.75) is 52.7 Å². The normalized spacial score (nSPS) is 27.8. The molecular formula is C14H25N3S. The molecule has 1 aromatic rings. The monoisotopic (exact) mass is 267 g/mol. The van der Waals surface area contributed by atoms with E-state index in [2.05, 4.69) is 54.8 Å². The number of hydrogen-bond acceptors (Lipinski definition) is 4. The molecule has 0 bridgehead atoms. The molecule has 1 aliphatic rings. The number of aromatic nitrogens is 1. The first kappa shape index (κ1) is 13.8. The van der Waals surface area contributed by atoms with Gasteiger partial charge in [-0.05, 0) is 26.7 Å². The van der Waals surface area contributed by atoms with Crippen LogP contribution in [0, 0.1) is 5.92 Å². The molecule has 0 saturated carbocycles. The molecule has 1 aliphatic heterocycles. The van der Waals surface area contributed by atoms with Crippen molar-refractivity contribution in [1.82, 2.24) is 9.88 Å². The third-order valence-electron chi connectivity index (χ3n) is 4.13. The van der Waals surface area contributed by atoms with Crippen molar-refractivity contribution < 1.29 is 0 Å². The maximum Gasteiger partial charge on any atom is 0.185 e. The van der Waals surface area contributed by atoms with Crippen molar-refractivity contribution in [2.75, 3.05) is 18.0 Å². The van der Waals surface area contributed by atoms with Crippen molar-refractivity contribution in [3.05, 3.63) is 11.6 Å². The van der Waals surface area contributed by atoms with Gasteiger partial charge in [-0.15, -0.1) is 11.3 Å². The van der Waals surface area contributed by atoms with E-state index in [0.29, 0.717) is 18.1 Å². The number of piperazine rings is 1. The summed E-state index contributed by atoms with van der Waals surface area (Å²) in [6.45, 7) is 13.9. The van der Waals surface area contributed by atoms with Gasteiger partial charge in [0.2, 0.25) is 0 Å². The lowest BCUT2D eigenvalue weighted by Gasteiger charge is -2.47. The second-order valence-corrected chi connectivity index (χ2v) is 6.73. The number of nitrogens with zero attached hydrogens (tertiary/aromatic N) is 3. The van der Waals surface area contributed by atoms with E-state index in [1.165, 1.54) is 5.13 Å². The average molecular weight is 267 g/mol. The van der Waals surface area contributed by atoms with Crippen LogP contribution in [0.5, 0.6) is 0 Å². The van der Waals surface area contributed by atoms with Gasteiger partial charge in [-0.3, -0.25) is 4.90 Å². The van der Waals surface area contributed by atoms with E-state index in [-0.39, 0.29) is 0 Å². The molecular weight excluding hydrogens is 242 g/mol. The topological polar surface area (TPSA) is 19.4 Å². The van der Waals surface area contributed by atoms with Crippen LogP contribution < -0.4 is 4.90 Å². The fourth-order valence-corrected chi connectivity index (χ4v) is 3.69. The van der Waals surface area contributed by atoms with Gasteiger partial charge in [0, 0.05) is 42.8 Å². The molecule has 0 amide bonds. The van der Waals surface area contributed by atoms with Crippen molar-refractivity contribution >= 4 is 16.5 Å². The molecule has 102 valence electrons. The molecule has 2 rings (SSSR count). The quantitative estimate of drug-likeness (QED) is 0.839. The third-order valence-corrected chi connectivity index (χ3v) is 4.91. The summed E-state index contributed by atoms with van der Waals surface area (Å²) in [5, 5.41) is 3.24. The molecule has 0 spiro atoms. The highest BCUT2D eigenvalue weighted by atomic mass is 32.1. The molecule has 1 fully saturated rings. The zero-order valence-electron chi connectivity index (χ0n) is 12.1. The molecule has 4 heteroatoms. The third kappa shape index (κ3) is 2.69. The molecule has 0 aliphatic carbocycles. The Kier molecular flexibility index (Phi) is 4.28. The first-order valence-electron chi connectivity index (χ1n) is 6.92. The van der Waals surface area contributed by atoms with E-state index in [4.69, 9.17) is 0 Å². The zero-order chi connectivity index (χ0) is 13.3. The van der Waals surface area contributed by atoms with Gasteiger partial charge in [-0.2, -0.15) is 0 Å². The standard InChI is InChI=1S/C14H25N3S/c1-10(2)13(5)16-8-11(3)17(12(4)9-16)14-15-6-7-18-14/h6-7,10-13H,8-9H2,1-5H3/t11-,12+,13?. The van der Waals surface area contributed by atoms with Crippen LogP contribution in [0.15, 0.2) is 11.6 Å². The van der Waals surface area contributed by atoms with Crippen molar-refractivity contribution in [2.24, 2.45) is 5.92 Å². The lowest BCUT2D eigenvalue weighted by atomic mass is 10.0. The highest BCUT2D eigenvalue weighted by molar-refractivity contribution is 7.13. The summed E-state index contributed by atoms with van der Waals surface area (Å²) in [4.78, 5) is 9.58. The molecule has 18 heavy (non-hydrogen) atoms. The minimum absolute atomic E-state index is 0.543. The molecule has 0 radical (unpaired) electrons. The van der Waals surface area contributed by atoms with Gasteiger partial charge >= 0.3 is 0 Å². The molecule has 1 aromatic heterocycles. The van der Waals surface area contributed by atoms with E-state index in [1.807, 2.05) is 6.20 Å². The van der Waals surface area contributed by atoms with Crippen LogP contribution >= 0.6 is 11.3 Å². The van der Waals surface area contributed by atoms with Crippen LogP contribution in [0.2, 0.25) is 0 Å². The van der Waals surface area contributed by atoms with Crippen LogP contribution in [0.3, 0.4) is 0 Å². The zero-order valence-corrected chi connectivity index (χ0v) is 12.9. The van der Waals surface area contributed by atoms with Gasteiger partial charge in [0.05, 0.1) is 0 Å². The van der Waals surface area contributed by atoms with Crippen LogP contribution in [0.1, 0.15) is 34.6 Å². The fraction of sp³-hybridized carbons (Fsp3) is 0.786. The van der Waals surface area contributed by atoms with Gasteiger partial charge < -0.3 is 4.90 Å². The summed E-state index contributed by atoms with van der Waals surface area (Å²) in [7, 11) is 0. The first-order valence-corrected chi connectivity index (χ1v) is 7.80. The first-order chi connectivity index (χ1) is 8.50. The van der Waals surface area contributed by atoms with Gasteiger partial charge in [-0.1, -0.05) is 13.8 Å². The SMILES string of the molecule is CC(C)C(C)N1C[C@@H](C)N(c2nccs2)[C@@H](C)C1. The van der Waals surface area contributed by atoms with Gasteiger partial charge in [0.15, 0.2) is 5.13 Å². The number of rotatable bonds is 3. The molecule has 2 heterocycles. The Morgan fingerprint density at radius 3 is 2.28 bits per heavy atom. The molecule has 3 atom stereocenters. The van der Waals surface area contributed by atoms with Gasteiger partial charge in [0.25, 0.3) is 0 Å². The Labute approximate surface area is 115 Å². The van der Waals surface area contributed by atoms with E-state index in [0.717, 1.165) is 19.0 Å². The Morgan fingerprint density at radius 2 is 1.83 bits per heavy atom. The number of hydrogen-bond donors (Lipinski definition) is 0. The van der Waals surface area contributed by atoms with E-state index < -0.39 is 0 Å². The molecule has 1 saturated heterocycles. The van der Waals surface area contributed by atoms with E-state index >= 15 is 0 Å². The van der Waals surface area contributed by atoms with Gasteiger partial charge in [0.1, 0.15) is 0 Å². The summed E-state index contributed by atoms with van der Waals surface area (Å²) < 4.78 is 0. The van der Waals surface area contributed by atoms with Gasteiger partial charge in [-0.25, -0.2) is 4.98 Å². The molecule has 0 N–H and O–H groups in total.